The number of carbonyl (C=O) groups excluding carboxylic acids is 1. The molecule has 1 aromatic carbocycles. The Bertz CT molecular complexity index is 864. The summed E-state index contributed by atoms with van der Waals surface area (Å²) in [5.41, 5.74) is 0.0224. The Labute approximate surface area is 128 Å². The third-order valence-electron chi connectivity index (χ3n) is 2.55. The van der Waals surface area contributed by atoms with Crippen molar-refractivity contribution < 1.29 is 19.4 Å². The van der Waals surface area contributed by atoms with Crippen molar-refractivity contribution in [3.63, 3.8) is 0 Å². The Kier molecular flexibility index (Phi) is 4.74. The summed E-state index contributed by atoms with van der Waals surface area (Å²) in [4.78, 5) is 36.3. The van der Waals surface area contributed by atoms with Crippen molar-refractivity contribution in [2.75, 3.05) is 12.4 Å². The monoisotopic (exact) mass is 320 g/mol. The quantitative estimate of drug-likeness (QED) is 0.718. The van der Waals surface area contributed by atoms with Gasteiger partial charge in [-0.15, -0.1) is 11.3 Å². The maximum atomic E-state index is 11.8. The van der Waals surface area contributed by atoms with Crippen molar-refractivity contribution in [2.45, 2.75) is 0 Å². The predicted octanol–water partition coefficient (Wildman–Crippen LogP) is -0.271. The molecule has 0 spiro atoms. The number of benzene rings is 1. The fourth-order valence-electron chi connectivity index (χ4n) is 1.61. The second kappa shape index (κ2) is 6.72. The van der Waals surface area contributed by atoms with Crippen LogP contribution in [0.4, 0.5) is 5.69 Å². The first-order chi connectivity index (χ1) is 10.5. The first kappa shape index (κ1) is 15.5. The van der Waals surface area contributed by atoms with Gasteiger partial charge in [-0.1, -0.05) is 0 Å². The molecule has 1 amide bonds. The van der Waals surface area contributed by atoms with Crippen LogP contribution < -0.4 is 24.8 Å². The van der Waals surface area contributed by atoms with E-state index in [0.29, 0.717) is 11.4 Å². The Morgan fingerprint density at radius 2 is 1.95 bits per heavy atom. The second-order valence-electron chi connectivity index (χ2n) is 4.13. The number of anilines is 1. The first-order valence-corrected chi connectivity index (χ1v) is 6.90. The van der Waals surface area contributed by atoms with E-state index in [0.717, 1.165) is 17.4 Å². The van der Waals surface area contributed by atoms with Crippen LogP contribution in [0.1, 0.15) is 0 Å². The molecule has 3 N–H and O–H groups in total. The minimum absolute atomic E-state index is 0.0241. The maximum Gasteiger partial charge on any atom is 0.329 e. The zero-order valence-corrected chi connectivity index (χ0v) is 12.3. The van der Waals surface area contributed by atoms with Crippen molar-refractivity contribution in [2.24, 2.45) is 0 Å². The lowest BCUT2D eigenvalue weighted by Crippen LogP contribution is -2.21. The number of aromatic nitrogens is 1. The number of hydrogen-bond donors (Lipinski definition) is 3. The van der Waals surface area contributed by atoms with Gasteiger partial charge in [0.15, 0.2) is 0 Å². The van der Waals surface area contributed by atoms with E-state index in [4.69, 9.17) is 9.84 Å². The van der Waals surface area contributed by atoms with E-state index in [1.54, 1.807) is 31.4 Å². The molecular formula is C14H12N2O5S. The molecule has 0 aliphatic carbocycles. The maximum absolute atomic E-state index is 11.8. The van der Waals surface area contributed by atoms with Gasteiger partial charge >= 0.3 is 5.97 Å². The fourth-order valence-corrected chi connectivity index (χ4v) is 2.46. The molecule has 2 rings (SSSR count). The molecule has 0 fully saturated rings. The highest BCUT2D eigenvalue weighted by molar-refractivity contribution is 7.07. The molecule has 7 nitrogen and oxygen atoms in total. The van der Waals surface area contributed by atoms with Gasteiger partial charge in [-0.2, -0.15) is 0 Å². The standard InChI is InChI=1S/C14H12N2O5S/c1-21-9-4-2-8(3-5-9)15-11(17)7-12-16-14(20)10(22-12)6-13(18)19/h2-7H,1H3,(H,15,17)(H,16,20)(H,18,19)/b10-6+,12-7+. The number of nitrogens with one attached hydrogen (secondary N) is 2. The number of carboxylic acids is 1. The predicted molar refractivity (Wildman–Crippen MR) is 82.4 cm³/mol. The molecule has 0 bridgehead atoms. The van der Waals surface area contributed by atoms with E-state index in [2.05, 4.69) is 10.3 Å². The van der Waals surface area contributed by atoms with Crippen LogP contribution in [0.2, 0.25) is 0 Å². The second-order valence-corrected chi connectivity index (χ2v) is 5.21. The number of rotatable bonds is 4. The van der Waals surface area contributed by atoms with Gasteiger partial charge in [-0.25, -0.2) is 4.79 Å². The summed E-state index contributed by atoms with van der Waals surface area (Å²) in [5.74, 6) is -0.996. The largest absolute Gasteiger partial charge is 0.497 e. The van der Waals surface area contributed by atoms with Crippen molar-refractivity contribution in [1.29, 1.82) is 0 Å². The number of aliphatic carboxylic acids is 1. The molecule has 0 aliphatic heterocycles. The van der Waals surface area contributed by atoms with Crippen LogP contribution in [0, 0.1) is 0 Å². The SMILES string of the molecule is COc1ccc(NC(=O)/C=c2\[nH]c(=O)/c(=C\C(=O)O)s2)cc1. The molecule has 2 aromatic rings. The van der Waals surface area contributed by atoms with Gasteiger partial charge in [0.05, 0.1) is 7.11 Å². The van der Waals surface area contributed by atoms with E-state index < -0.39 is 17.4 Å². The zero-order valence-electron chi connectivity index (χ0n) is 11.5. The van der Waals surface area contributed by atoms with Crippen LogP contribution in [0.25, 0.3) is 12.2 Å². The Morgan fingerprint density at radius 1 is 1.27 bits per heavy atom. The van der Waals surface area contributed by atoms with Crippen LogP contribution in [-0.4, -0.2) is 29.1 Å². The highest BCUT2D eigenvalue weighted by atomic mass is 32.1. The average molecular weight is 320 g/mol. The van der Waals surface area contributed by atoms with Gasteiger partial charge < -0.3 is 20.1 Å². The smallest absolute Gasteiger partial charge is 0.329 e. The van der Waals surface area contributed by atoms with Crippen LogP contribution in [-0.2, 0) is 9.59 Å². The van der Waals surface area contributed by atoms with Gasteiger partial charge in [0.1, 0.15) is 14.9 Å². The number of methoxy groups -OCH3 is 1. The Balaban J connectivity index is 2.20. The molecule has 8 heteroatoms. The van der Waals surface area contributed by atoms with Crippen LogP contribution >= 0.6 is 11.3 Å². The number of ether oxygens (including phenoxy) is 1. The third-order valence-corrected chi connectivity index (χ3v) is 3.52. The lowest BCUT2D eigenvalue weighted by Gasteiger charge is -2.03. The average Bonchev–Trinajstić information content (AvgIpc) is 2.78. The van der Waals surface area contributed by atoms with E-state index in [-0.39, 0.29) is 9.20 Å². The number of carboxylic acid groups (broad SMARTS) is 1. The van der Waals surface area contributed by atoms with Crippen LogP contribution in [0.3, 0.4) is 0 Å². The minimum Gasteiger partial charge on any atom is -0.497 e. The topological polar surface area (TPSA) is 108 Å². The summed E-state index contributed by atoms with van der Waals surface area (Å²) in [6, 6.07) is 6.74. The molecule has 0 saturated heterocycles. The molecule has 114 valence electrons. The van der Waals surface area contributed by atoms with Gasteiger partial charge in [0.2, 0.25) is 0 Å². The summed E-state index contributed by atoms with van der Waals surface area (Å²) in [6.45, 7) is 0. The van der Waals surface area contributed by atoms with Crippen LogP contribution in [0.5, 0.6) is 5.75 Å². The number of H-pyrrole nitrogens is 1. The van der Waals surface area contributed by atoms with Crippen LogP contribution in [0.15, 0.2) is 29.1 Å². The highest BCUT2D eigenvalue weighted by Crippen LogP contribution is 2.14. The summed E-state index contributed by atoms with van der Waals surface area (Å²) in [7, 11) is 1.54. The lowest BCUT2D eigenvalue weighted by molar-refractivity contribution is -0.129. The summed E-state index contributed by atoms with van der Waals surface area (Å²) < 4.78 is 5.30. The van der Waals surface area contributed by atoms with E-state index in [1.165, 1.54) is 6.08 Å². The van der Waals surface area contributed by atoms with Crippen molar-refractivity contribution in [3.8, 4) is 5.75 Å². The first-order valence-electron chi connectivity index (χ1n) is 6.08. The number of hydrogen-bond acceptors (Lipinski definition) is 5. The Morgan fingerprint density at radius 3 is 2.55 bits per heavy atom. The molecule has 22 heavy (non-hydrogen) atoms. The number of amides is 1. The van der Waals surface area contributed by atoms with Gasteiger partial charge in [-0.3, -0.25) is 9.59 Å². The molecule has 0 unspecified atom stereocenters. The molecular weight excluding hydrogens is 308 g/mol. The van der Waals surface area contributed by atoms with E-state index in [1.807, 2.05) is 0 Å². The van der Waals surface area contributed by atoms with Gasteiger partial charge in [-0.05, 0) is 24.3 Å². The lowest BCUT2D eigenvalue weighted by atomic mass is 10.3. The number of thiazole rings is 1. The zero-order chi connectivity index (χ0) is 16.1. The minimum atomic E-state index is -1.22. The van der Waals surface area contributed by atoms with E-state index in [9.17, 15) is 14.4 Å². The molecule has 1 heterocycles. The highest BCUT2D eigenvalue weighted by Gasteiger charge is 2.01. The molecule has 0 atom stereocenters. The van der Waals surface area contributed by atoms with Gasteiger partial charge in [0.25, 0.3) is 11.5 Å². The molecule has 0 aliphatic rings. The van der Waals surface area contributed by atoms with E-state index >= 15 is 0 Å². The Hall–Kier alpha value is -2.87. The summed E-state index contributed by atoms with van der Waals surface area (Å²) >= 11 is 0.892. The molecule has 1 aromatic heterocycles. The van der Waals surface area contributed by atoms with Gasteiger partial charge in [0, 0.05) is 17.8 Å². The fraction of sp³-hybridized carbons (Fsp3) is 0.0714. The van der Waals surface area contributed by atoms with Crippen molar-refractivity contribution >= 4 is 41.1 Å². The normalized spacial score (nSPS) is 12.2. The molecule has 0 saturated carbocycles. The third kappa shape index (κ3) is 4.06. The number of aromatic amines is 1. The molecule has 0 radical (unpaired) electrons. The summed E-state index contributed by atoms with van der Waals surface area (Å²) in [6.07, 6.45) is 1.98. The van der Waals surface area contributed by atoms with Crippen molar-refractivity contribution in [3.05, 3.63) is 43.8 Å². The number of carbonyl (C=O) groups is 2. The summed E-state index contributed by atoms with van der Waals surface area (Å²) in [5, 5.41) is 11.2. The van der Waals surface area contributed by atoms with Crippen molar-refractivity contribution in [1.82, 2.24) is 4.98 Å².